The molecule has 0 bridgehead atoms. The highest BCUT2D eigenvalue weighted by molar-refractivity contribution is 9.11. The van der Waals surface area contributed by atoms with Crippen LogP contribution in [-0.2, 0) is 0 Å². The minimum Gasteiger partial charge on any atom is -0.497 e. The smallest absolute Gasteiger partial charge is 0.343 e. The zero-order chi connectivity index (χ0) is 30.0. The van der Waals surface area contributed by atoms with Crippen LogP contribution in [0, 0.1) is 0 Å². The molecule has 0 aliphatic heterocycles. The molecule has 0 unspecified atom stereocenters. The van der Waals surface area contributed by atoms with Crippen molar-refractivity contribution in [3.8, 4) is 22.6 Å². The summed E-state index contributed by atoms with van der Waals surface area (Å²) >= 11 is 23.4. The first-order chi connectivity index (χ1) is 20.2. The lowest BCUT2D eigenvalue weighted by Gasteiger charge is -2.11. The van der Waals surface area contributed by atoms with Crippen molar-refractivity contribution in [2.75, 3.05) is 7.11 Å². The first kappa shape index (κ1) is 30.3. The molecule has 0 radical (unpaired) electrons. The van der Waals surface area contributed by atoms with Crippen molar-refractivity contribution in [2.24, 2.45) is 5.10 Å². The number of esters is 1. The number of carbonyl (C=O) groups excluding carboxylic acids is 2. The zero-order valence-corrected chi connectivity index (χ0v) is 27.7. The van der Waals surface area contributed by atoms with E-state index in [-0.39, 0.29) is 11.4 Å². The van der Waals surface area contributed by atoms with Gasteiger partial charge in [-0.2, -0.15) is 5.10 Å². The van der Waals surface area contributed by atoms with E-state index in [1.54, 1.807) is 48.5 Å². The highest BCUT2D eigenvalue weighted by Crippen LogP contribution is 2.40. The normalized spacial score (nSPS) is 11.2. The van der Waals surface area contributed by atoms with Gasteiger partial charge in [-0.3, -0.25) is 4.79 Å². The van der Waals surface area contributed by atoms with E-state index in [1.165, 1.54) is 13.3 Å². The first-order valence-corrected chi connectivity index (χ1v) is 15.2. The molecule has 42 heavy (non-hydrogen) atoms. The van der Waals surface area contributed by atoms with Gasteiger partial charge in [0, 0.05) is 36.0 Å². The summed E-state index contributed by atoms with van der Waals surface area (Å²) < 4.78 is 12.8. The van der Waals surface area contributed by atoms with Gasteiger partial charge in [-0.1, -0.05) is 79.3 Å². The molecule has 7 nitrogen and oxygen atoms in total. The number of benzene rings is 4. The lowest BCUT2D eigenvalue weighted by molar-refractivity contribution is 0.0732. The minimum atomic E-state index is -0.596. The van der Waals surface area contributed by atoms with Gasteiger partial charge in [0.15, 0.2) is 5.75 Å². The summed E-state index contributed by atoms with van der Waals surface area (Å²) in [6.45, 7) is 0. The summed E-state index contributed by atoms with van der Waals surface area (Å²) in [6, 6.07) is 20.8. The highest BCUT2D eigenvalue weighted by atomic mass is 79.9. The van der Waals surface area contributed by atoms with E-state index in [1.807, 2.05) is 24.3 Å². The van der Waals surface area contributed by atoms with E-state index >= 15 is 0 Å². The number of aromatic amines is 1. The molecule has 0 spiro atoms. The van der Waals surface area contributed by atoms with E-state index in [0.717, 1.165) is 4.47 Å². The SMILES string of the molecule is COc1cccc(C(=O)Oc2c(Br)cc(Br)cc2C=NNC(=O)c2[nH]c3c(Cl)cc(Br)cc3c2-c2ccccc2Cl)c1. The zero-order valence-electron chi connectivity index (χ0n) is 21.5. The van der Waals surface area contributed by atoms with Gasteiger partial charge in [-0.05, 0) is 64.5 Å². The van der Waals surface area contributed by atoms with Gasteiger partial charge >= 0.3 is 5.97 Å². The molecule has 5 rings (SSSR count). The van der Waals surface area contributed by atoms with Crippen molar-refractivity contribution < 1.29 is 19.1 Å². The maximum Gasteiger partial charge on any atom is 0.343 e. The van der Waals surface area contributed by atoms with E-state index < -0.39 is 11.9 Å². The van der Waals surface area contributed by atoms with Gasteiger partial charge in [-0.15, -0.1) is 0 Å². The molecule has 212 valence electrons. The van der Waals surface area contributed by atoms with Crippen LogP contribution in [-0.4, -0.2) is 30.2 Å². The standard InChI is InChI=1S/C30H18Br3Cl2N3O4/c1-41-19-6-4-5-15(10-19)30(40)42-28-16(9-17(31)12-22(28)33)14-36-38-29(39)27-25(20-7-2-3-8-23(20)34)21-11-18(32)13-24(35)26(21)37-27/h2-14,37H,1H3,(H,38,39). The number of H-pyrrole nitrogens is 1. The Kier molecular flexibility index (Phi) is 9.39. The number of nitrogens with zero attached hydrogens (tertiary/aromatic N) is 1. The van der Waals surface area contributed by atoms with Gasteiger partial charge < -0.3 is 14.5 Å². The van der Waals surface area contributed by atoms with E-state index in [9.17, 15) is 9.59 Å². The number of nitrogens with one attached hydrogen (secondary N) is 2. The Labute approximate surface area is 275 Å². The van der Waals surface area contributed by atoms with Gasteiger partial charge in [-0.25, -0.2) is 10.2 Å². The molecule has 4 aromatic carbocycles. The average molecular weight is 795 g/mol. The Morgan fingerprint density at radius 1 is 0.929 bits per heavy atom. The minimum absolute atomic E-state index is 0.211. The predicted octanol–water partition coefficient (Wildman–Crippen LogP) is 9.42. The van der Waals surface area contributed by atoms with Crippen molar-refractivity contribution in [2.45, 2.75) is 0 Å². The lowest BCUT2D eigenvalue weighted by Crippen LogP contribution is -2.19. The van der Waals surface area contributed by atoms with Crippen LogP contribution in [0.1, 0.15) is 26.4 Å². The molecule has 0 aliphatic carbocycles. The number of halogens is 5. The van der Waals surface area contributed by atoms with Gasteiger partial charge in [0.25, 0.3) is 5.91 Å². The molecule has 2 N–H and O–H groups in total. The third-order valence-corrected chi connectivity index (χ3v) is 8.23. The molecule has 0 aliphatic rings. The second-order valence-corrected chi connectivity index (χ2v) is 12.3. The van der Waals surface area contributed by atoms with Crippen LogP contribution < -0.4 is 14.9 Å². The summed E-state index contributed by atoms with van der Waals surface area (Å²) in [4.78, 5) is 29.5. The maximum absolute atomic E-state index is 13.5. The first-order valence-electron chi connectivity index (χ1n) is 12.1. The number of carbonyl (C=O) groups is 2. The number of ether oxygens (including phenoxy) is 2. The Balaban J connectivity index is 1.47. The molecular weight excluding hydrogens is 777 g/mol. The van der Waals surface area contributed by atoms with E-state index in [2.05, 4.69) is 63.3 Å². The Hall–Kier alpha value is -3.15. The summed E-state index contributed by atoms with van der Waals surface area (Å²) in [5.74, 6) is -0.400. The molecule has 12 heteroatoms. The fourth-order valence-electron chi connectivity index (χ4n) is 4.24. The van der Waals surface area contributed by atoms with Gasteiger partial charge in [0.1, 0.15) is 11.4 Å². The number of methoxy groups -OCH3 is 1. The molecule has 0 fully saturated rings. The third kappa shape index (κ3) is 6.43. The highest BCUT2D eigenvalue weighted by Gasteiger charge is 2.23. The molecule has 5 aromatic rings. The average Bonchev–Trinajstić information content (AvgIpc) is 3.34. The van der Waals surface area contributed by atoms with Crippen LogP contribution >= 0.6 is 71.0 Å². The number of amides is 1. The van der Waals surface area contributed by atoms with Crippen LogP contribution in [0.2, 0.25) is 10.0 Å². The van der Waals surface area contributed by atoms with Crippen LogP contribution in [0.25, 0.3) is 22.0 Å². The Morgan fingerprint density at radius 2 is 1.69 bits per heavy atom. The monoisotopic (exact) mass is 791 g/mol. The quantitative estimate of drug-likeness (QED) is 0.0744. The van der Waals surface area contributed by atoms with Crippen molar-refractivity contribution in [3.63, 3.8) is 0 Å². The summed E-state index contributed by atoms with van der Waals surface area (Å²) in [7, 11) is 1.51. The second-order valence-electron chi connectivity index (χ2n) is 8.79. The van der Waals surface area contributed by atoms with Crippen molar-refractivity contribution in [1.82, 2.24) is 10.4 Å². The predicted molar refractivity (Wildman–Crippen MR) is 176 cm³/mol. The van der Waals surface area contributed by atoms with E-state index in [4.69, 9.17) is 32.7 Å². The number of hydrazone groups is 1. The molecule has 1 aromatic heterocycles. The lowest BCUT2D eigenvalue weighted by atomic mass is 10.0. The van der Waals surface area contributed by atoms with Gasteiger partial charge in [0.2, 0.25) is 0 Å². The molecule has 0 saturated heterocycles. The summed E-state index contributed by atoms with van der Waals surface area (Å²) in [6.07, 6.45) is 1.38. The Bertz CT molecular complexity index is 1890. The summed E-state index contributed by atoms with van der Waals surface area (Å²) in [5.41, 5.74) is 5.29. The number of fused-ring (bicyclic) bond motifs is 1. The van der Waals surface area contributed by atoms with Crippen molar-refractivity contribution >= 4 is 100.0 Å². The largest absolute Gasteiger partial charge is 0.497 e. The Morgan fingerprint density at radius 3 is 2.45 bits per heavy atom. The molecular formula is C30H18Br3Cl2N3O4. The fourth-order valence-corrected chi connectivity index (χ4v) is 6.66. The van der Waals surface area contributed by atoms with Crippen LogP contribution in [0.15, 0.2) is 91.3 Å². The van der Waals surface area contributed by atoms with Crippen LogP contribution in [0.4, 0.5) is 0 Å². The molecule has 0 saturated carbocycles. The maximum atomic E-state index is 13.5. The number of aromatic nitrogens is 1. The van der Waals surface area contributed by atoms with Crippen LogP contribution in [0.3, 0.4) is 0 Å². The second kappa shape index (κ2) is 13.0. The molecule has 1 amide bonds. The summed E-state index contributed by atoms with van der Waals surface area (Å²) in [5, 5.41) is 5.76. The van der Waals surface area contributed by atoms with Crippen molar-refractivity contribution in [3.05, 3.63) is 113 Å². The number of hydrogen-bond donors (Lipinski definition) is 2. The number of hydrogen-bond acceptors (Lipinski definition) is 5. The van der Waals surface area contributed by atoms with E-state index in [0.29, 0.717) is 57.9 Å². The van der Waals surface area contributed by atoms with Crippen molar-refractivity contribution in [1.29, 1.82) is 0 Å². The fraction of sp³-hybridized carbons (Fsp3) is 0.0333. The number of rotatable bonds is 7. The molecule has 1 heterocycles. The topological polar surface area (TPSA) is 92.8 Å². The van der Waals surface area contributed by atoms with Gasteiger partial charge in [0.05, 0.1) is 33.9 Å². The third-order valence-electron chi connectivity index (χ3n) is 6.10. The molecule has 0 atom stereocenters. The van der Waals surface area contributed by atoms with Crippen LogP contribution in [0.5, 0.6) is 11.5 Å².